The first-order chi connectivity index (χ1) is 14.5. The molecular formula is C23H24N2O4S. The van der Waals surface area contributed by atoms with Crippen molar-refractivity contribution in [2.75, 3.05) is 13.7 Å². The molecule has 3 rings (SSSR count). The monoisotopic (exact) mass is 424 g/mol. The topological polar surface area (TPSA) is 85.4 Å². The largest absolute Gasteiger partial charge is 0.497 e. The molecule has 30 heavy (non-hydrogen) atoms. The summed E-state index contributed by atoms with van der Waals surface area (Å²) in [6.07, 6.45) is 3.97. The average molecular weight is 425 g/mol. The number of aryl methyl sites for hydroxylation is 1. The molecule has 156 valence electrons. The number of benzene rings is 2. The first-order valence-electron chi connectivity index (χ1n) is 9.59. The highest BCUT2D eigenvalue weighted by molar-refractivity contribution is 7.91. The lowest BCUT2D eigenvalue weighted by molar-refractivity contribution is -0.121. The van der Waals surface area contributed by atoms with E-state index in [0.29, 0.717) is 17.7 Å². The molecule has 1 aromatic heterocycles. The van der Waals surface area contributed by atoms with Crippen LogP contribution in [0, 0.1) is 0 Å². The van der Waals surface area contributed by atoms with Gasteiger partial charge in [-0.1, -0.05) is 36.4 Å². The fraction of sp³-hybridized carbons (Fsp3) is 0.217. The van der Waals surface area contributed by atoms with E-state index in [1.807, 2.05) is 30.3 Å². The number of carbonyl (C=O) groups is 1. The second kappa shape index (κ2) is 10.0. The van der Waals surface area contributed by atoms with Crippen LogP contribution < -0.4 is 10.1 Å². The number of amides is 1. The first kappa shape index (κ1) is 21.5. The van der Waals surface area contributed by atoms with Gasteiger partial charge in [0.2, 0.25) is 5.91 Å². The lowest BCUT2D eigenvalue weighted by atomic mass is 10.1. The second-order valence-electron chi connectivity index (χ2n) is 6.79. The Labute approximate surface area is 176 Å². The van der Waals surface area contributed by atoms with E-state index in [1.54, 1.807) is 30.5 Å². The fourth-order valence-corrected chi connectivity index (χ4v) is 4.74. The number of rotatable bonds is 9. The molecule has 1 atom stereocenters. The van der Waals surface area contributed by atoms with Gasteiger partial charge >= 0.3 is 0 Å². The van der Waals surface area contributed by atoms with E-state index < -0.39 is 15.1 Å². The zero-order valence-corrected chi connectivity index (χ0v) is 17.5. The van der Waals surface area contributed by atoms with Crippen molar-refractivity contribution < 1.29 is 17.9 Å². The van der Waals surface area contributed by atoms with E-state index >= 15 is 0 Å². The quantitative estimate of drug-likeness (QED) is 0.569. The summed E-state index contributed by atoms with van der Waals surface area (Å²) in [5, 5.41) is 1.84. The molecule has 0 aliphatic rings. The molecule has 0 saturated heterocycles. The summed E-state index contributed by atoms with van der Waals surface area (Å²) in [5.74, 6) is 0.374. The molecule has 0 bridgehead atoms. The number of hydrogen-bond donors (Lipinski definition) is 1. The lowest BCUT2D eigenvalue weighted by Crippen LogP contribution is -2.32. The Bertz CT molecular complexity index is 1050. The Kier molecular flexibility index (Phi) is 7.19. The van der Waals surface area contributed by atoms with Crippen LogP contribution in [0.3, 0.4) is 0 Å². The van der Waals surface area contributed by atoms with Gasteiger partial charge in [0.15, 0.2) is 9.84 Å². The van der Waals surface area contributed by atoms with Crippen molar-refractivity contribution in [3.05, 3.63) is 90.3 Å². The van der Waals surface area contributed by atoms with Crippen LogP contribution >= 0.6 is 0 Å². The SMILES string of the molecule is COc1ccc(S(=O)(=O)C(CNC(=O)CCc2ccccc2)c2cccnc2)cc1. The molecule has 0 fully saturated rings. The molecule has 2 aromatic carbocycles. The summed E-state index contributed by atoms with van der Waals surface area (Å²) in [6, 6.07) is 19.3. The summed E-state index contributed by atoms with van der Waals surface area (Å²) in [4.78, 5) is 16.6. The maximum absolute atomic E-state index is 13.3. The molecular weight excluding hydrogens is 400 g/mol. The molecule has 1 amide bonds. The second-order valence-corrected chi connectivity index (χ2v) is 8.92. The third kappa shape index (κ3) is 5.45. The molecule has 6 nitrogen and oxygen atoms in total. The van der Waals surface area contributed by atoms with Gasteiger partial charge in [0.1, 0.15) is 11.0 Å². The number of aromatic nitrogens is 1. The molecule has 0 radical (unpaired) electrons. The lowest BCUT2D eigenvalue weighted by Gasteiger charge is -2.19. The minimum absolute atomic E-state index is 0.0340. The summed E-state index contributed by atoms with van der Waals surface area (Å²) in [5.41, 5.74) is 1.58. The van der Waals surface area contributed by atoms with Crippen molar-refractivity contribution in [1.82, 2.24) is 10.3 Å². The molecule has 7 heteroatoms. The molecule has 1 heterocycles. The molecule has 0 aliphatic heterocycles. The Morgan fingerprint density at radius 3 is 2.40 bits per heavy atom. The van der Waals surface area contributed by atoms with E-state index in [4.69, 9.17) is 4.74 Å². The van der Waals surface area contributed by atoms with Crippen molar-refractivity contribution in [3.8, 4) is 5.75 Å². The predicted octanol–water partition coefficient (Wildman–Crippen LogP) is 3.35. The van der Waals surface area contributed by atoms with Gasteiger partial charge in [0.05, 0.1) is 12.0 Å². The van der Waals surface area contributed by atoms with Gasteiger partial charge in [0.25, 0.3) is 0 Å². The van der Waals surface area contributed by atoms with Crippen LogP contribution in [-0.4, -0.2) is 33.0 Å². The first-order valence-corrected chi connectivity index (χ1v) is 11.1. The van der Waals surface area contributed by atoms with Crippen LogP contribution in [0.5, 0.6) is 5.75 Å². The van der Waals surface area contributed by atoms with Gasteiger partial charge in [0, 0.05) is 25.4 Å². The highest BCUT2D eigenvalue weighted by Gasteiger charge is 2.30. The number of nitrogens with one attached hydrogen (secondary N) is 1. The minimum Gasteiger partial charge on any atom is -0.497 e. The highest BCUT2D eigenvalue weighted by Crippen LogP contribution is 2.29. The Hall–Kier alpha value is -3.19. The zero-order chi connectivity index (χ0) is 21.4. The Balaban J connectivity index is 1.75. The third-order valence-corrected chi connectivity index (χ3v) is 6.90. The molecule has 3 aromatic rings. The molecule has 1 unspecified atom stereocenters. The van der Waals surface area contributed by atoms with Crippen LogP contribution in [0.15, 0.2) is 84.0 Å². The van der Waals surface area contributed by atoms with Crippen molar-refractivity contribution in [1.29, 1.82) is 0 Å². The predicted molar refractivity (Wildman–Crippen MR) is 115 cm³/mol. The highest BCUT2D eigenvalue weighted by atomic mass is 32.2. The van der Waals surface area contributed by atoms with Crippen LogP contribution in [0.4, 0.5) is 0 Å². The molecule has 0 aliphatic carbocycles. The summed E-state index contributed by atoms with van der Waals surface area (Å²) in [7, 11) is -2.23. The summed E-state index contributed by atoms with van der Waals surface area (Å²) in [6.45, 7) is -0.0340. The number of carbonyl (C=O) groups excluding carboxylic acids is 1. The number of pyridine rings is 1. The van der Waals surface area contributed by atoms with Gasteiger partial charge in [-0.15, -0.1) is 0 Å². The van der Waals surface area contributed by atoms with Crippen molar-refractivity contribution >= 4 is 15.7 Å². The van der Waals surface area contributed by atoms with Gasteiger partial charge in [-0.2, -0.15) is 0 Å². The van der Waals surface area contributed by atoms with Gasteiger partial charge in [-0.05, 0) is 47.9 Å². The minimum atomic E-state index is -3.75. The smallest absolute Gasteiger partial charge is 0.220 e. The molecule has 1 N–H and O–H groups in total. The standard InChI is InChI=1S/C23H24N2O4S/c1-29-20-10-12-21(13-11-20)30(27,28)22(19-8-5-15-24-16-19)17-25-23(26)14-9-18-6-3-2-4-7-18/h2-8,10-13,15-16,22H,9,14,17H2,1H3,(H,25,26). The maximum Gasteiger partial charge on any atom is 0.220 e. The Morgan fingerprint density at radius 1 is 1.03 bits per heavy atom. The van der Waals surface area contributed by atoms with E-state index in [-0.39, 0.29) is 23.8 Å². The number of methoxy groups -OCH3 is 1. The van der Waals surface area contributed by atoms with Crippen LogP contribution in [0.1, 0.15) is 22.8 Å². The molecule has 0 spiro atoms. The third-order valence-electron chi connectivity index (χ3n) is 4.79. The van der Waals surface area contributed by atoms with Crippen molar-refractivity contribution in [3.63, 3.8) is 0 Å². The van der Waals surface area contributed by atoms with Crippen LogP contribution in [0.25, 0.3) is 0 Å². The van der Waals surface area contributed by atoms with E-state index in [9.17, 15) is 13.2 Å². The van der Waals surface area contributed by atoms with E-state index in [2.05, 4.69) is 10.3 Å². The normalized spacial score (nSPS) is 12.2. The zero-order valence-electron chi connectivity index (χ0n) is 16.7. The van der Waals surface area contributed by atoms with Crippen molar-refractivity contribution in [2.45, 2.75) is 23.0 Å². The number of ether oxygens (including phenoxy) is 1. The molecule has 0 saturated carbocycles. The van der Waals surface area contributed by atoms with Crippen LogP contribution in [0.2, 0.25) is 0 Å². The number of sulfone groups is 1. The number of nitrogens with zero attached hydrogens (tertiary/aromatic N) is 1. The number of hydrogen-bond acceptors (Lipinski definition) is 5. The van der Waals surface area contributed by atoms with Gasteiger partial charge < -0.3 is 10.1 Å². The van der Waals surface area contributed by atoms with E-state index in [0.717, 1.165) is 5.56 Å². The van der Waals surface area contributed by atoms with Gasteiger partial charge in [-0.3, -0.25) is 9.78 Å². The van der Waals surface area contributed by atoms with Crippen LogP contribution in [-0.2, 0) is 21.1 Å². The summed E-state index contributed by atoms with van der Waals surface area (Å²) < 4.78 is 31.7. The summed E-state index contributed by atoms with van der Waals surface area (Å²) >= 11 is 0. The maximum atomic E-state index is 13.3. The van der Waals surface area contributed by atoms with E-state index in [1.165, 1.54) is 25.4 Å². The van der Waals surface area contributed by atoms with Crippen molar-refractivity contribution in [2.24, 2.45) is 0 Å². The Morgan fingerprint density at radius 2 is 1.77 bits per heavy atom. The average Bonchev–Trinajstić information content (AvgIpc) is 2.79. The fourth-order valence-electron chi connectivity index (χ4n) is 3.10. The van der Waals surface area contributed by atoms with Gasteiger partial charge in [-0.25, -0.2) is 8.42 Å².